The Morgan fingerprint density at radius 1 is 1.24 bits per heavy atom. The van der Waals surface area contributed by atoms with Gasteiger partial charge in [0.25, 0.3) is 0 Å². The van der Waals surface area contributed by atoms with Gasteiger partial charge in [0, 0.05) is 29.7 Å². The van der Waals surface area contributed by atoms with E-state index in [2.05, 4.69) is 20.6 Å². The minimum atomic E-state index is -0.598. The van der Waals surface area contributed by atoms with Crippen LogP contribution >= 0.6 is 0 Å². The molecule has 0 saturated carbocycles. The van der Waals surface area contributed by atoms with Crippen LogP contribution in [-0.2, 0) is 4.74 Å². The number of aromatic nitrogens is 3. The number of para-hydroxylation sites is 1. The lowest BCUT2D eigenvalue weighted by atomic mass is 10.1. The molecule has 0 spiro atoms. The maximum Gasteiger partial charge on any atom is 0.427 e. The van der Waals surface area contributed by atoms with Crippen molar-refractivity contribution in [2.24, 2.45) is 5.10 Å². The Balaban J connectivity index is 1.93. The van der Waals surface area contributed by atoms with Crippen LogP contribution in [-0.4, -0.2) is 33.7 Å². The maximum absolute atomic E-state index is 11.3. The molecular formula is C18H17N5O2. The number of carbonyl (C=O) groups is 1. The predicted octanol–water partition coefficient (Wildman–Crippen LogP) is 3.01. The van der Waals surface area contributed by atoms with E-state index in [9.17, 15) is 4.79 Å². The maximum atomic E-state index is 11.3. The third-order valence-electron chi connectivity index (χ3n) is 3.35. The zero-order chi connectivity index (χ0) is 17.5. The minimum Gasteiger partial charge on any atom is -0.449 e. The molecule has 2 aromatic heterocycles. The van der Waals surface area contributed by atoms with Crippen molar-refractivity contribution in [3.05, 3.63) is 66.6 Å². The normalized spacial score (nSPS) is 10.8. The van der Waals surface area contributed by atoms with Gasteiger partial charge in [-0.15, -0.1) is 0 Å². The molecule has 1 N–H and O–H groups in total. The molecule has 0 saturated heterocycles. The summed E-state index contributed by atoms with van der Waals surface area (Å²) in [6.45, 7) is 2.02. The van der Waals surface area contributed by atoms with Gasteiger partial charge in [0.05, 0.1) is 18.5 Å². The fourth-order valence-electron chi connectivity index (χ4n) is 2.25. The first-order valence-electron chi connectivity index (χ1n) is 7.79. The van der Waals surface area contributed by atoms with Crippen LogP contribution < -0.4 is 5.43 Å². The third kappa shape index (κ3) is 4.08. The summed E-state index contributed by atoms with van der Waals surface area (Å²) in [5.74, 6) is 0. The number of ether oxygens (including phenoxy) is 1. The Labute approximate surface area is 145 Å². The number of hydrazone groups is 1. The summed E-state index contributed by atoms with van der Waals surface area (Å²) in [4.78, 5) is 15.4. The third-order valence-corrected chi connectivity index (χ3v) is 3.35. The summed E-state index contributed by atoms with van der Waals surface area (Å²) < 4.78 is 6.54. The lowest BCUT2D eigenvalue weighted by Gasteiger charge is -2.00. The molecule has 0 unspecified atom stereocenters. The van der Waals surface area contributed by atoms with Crippen LogP contribution in [0.1, 0.15) is 12.5 Å². The molecule has 25 heavy (non-hydrogen) atoms. The first-order chi connectivity index (χ1) is 12.3. The lowest BCUT2D eigenvalue weighted by molar-refractivity contribution is 0.152. The number of carbonyl (C=O) groups excluding carboxylic acids is 1. The van der Waals surface area contributed by atoms with Crippen LogP contribution in [0.5, 0.6) is 0 Å². The van der Waals surface area contributed by atoms with Crippen LogP contribution in [0.2, 0.25) is 0 Å². The molecule has 7 nitrogen and oxygen atoms in total. The quantitative estimate of drug-likeness (QED) is 0.574. The highest BCUT2D eigenvalue weighted by molar-refractivity contribution is 5.89. The Hall–Kier alpha value is -3.48. The van der Waals surface area contributed by atoms with Gasteiger partial charge < -0.3 is 4.74 Å². The van der Waals surface area contributed by atoms with Crippen LogP contribution in [0, 0.1) is 0 Å². The van der Waals surface area contributed by atoms with Crippen LogP contribution in [0.25, 0.3) is 16.9 Å². The zero-order valence-corrected chi connectivity index (χ0v) is 13.7. The van der Waals surface area contributed by atoms with Gasteiger partial charge in [0.2, 0.25) is 0 Å². The van der Waals surface area contributed by atoms with Gasteiger partial charge >= 0.3 is 6.09 Å². The van der Waals surface area contributed by atoms with Gasteiger partial charge in [0.15, 0.2) is 0 Å². The molecule has 1 amide bonds. The van der Waals surface area contributed by atoms with E-state index in [4.69, 9.17) is 4.74 Å². The van der Waals surface area contributed by atoms with Gasteiger partial charge in [-0.1, -0.05) is 18.2 Å². The van der Waals surface area contributed by atoms with E-state index >= 15 is 0 Å². The molecule has 2 heterocycles. The number of hydrogen-bond acceptors (Lipinski definition) is 5. The molecule has 0 bridgehead atoms. The van der Waals surface area contributed by atoms with Crippen molar-refractivity contribution in [1.29, 1.82) is 0 Å². The van der Waals surface area contributed by atoms with Crippen molar-refractivity contribution in [2.45, 2.75) is 6.92 Å². The summed E-state index contributed by atoms with van der Waals surface area (Å²) in [6, 6.07) is 13.5. The van der Waals surface area contributed by atoms with E-state index in [1.807, 2.05) is 48.7 Å². The standard InChI is InChI=1S/C18H17N5O2/c1-2-25-18(24)21-20-12-15-13-23(16-6-4-3-5-7-16)22-17(15)14-8-10-19-11-9-14/h3-13H,2H2,1H3,(H,21,24)/b20-12-. The fraction of sp³-hybridized carbons (Fsp3) is 0.111. The monoisotopic (exact) mass is 335 g/mol. The molecular weight excluding hydrogens is 318 g/mol. The number of benzene rings is 1. The summed E-state index contributed by atoms with van der Waals surface area (Å²) in [6.07, 6.45) is 6.20. The summed E-state index contributed by atoms with van der Waals surface area (Å²) >= 11 is 0. The highest BCUT2D eigenvalue weighted by Gasteiger charge is 2.11. The van der Waals surface area contributed by atoms with Crippen molar-refractivity contribution in [2.75, 3.05) is 6.61 Å². The highest BCUT2D eigenvalue weighted by Crippen LogP contribution is 2.21. The number of nitrogens with zero attached hydrogens (tertiary/aromatic N) is 4. The Kier molecular flexibility index (Phi) is 5.16. The number of amides is 1. The molecule has 0 aliphatic carbocycles. The van der Waals surface area contributed by atoms with Gasteiger partial charge in [-0.3, -0.25) is 4.98 Å². The Bertz CT molecular complexity index is 860. The number of hydrogen-bond donors (Lipinski definition) is 1. The molecule has 0 aliphatic rings. The Morgan fingerprint density at radius 3 is 2.72 bits per heavy atom. The fourth-order valence-corrected chi connectivity index (χ4v) is 2.25. The summed E-state index contributed by atoms with van der Waals surface area (Å²) in [5.41, 5.74) is 5.64. The van der Waals surface area contributed by atoms with Crippen molar-refractivity contribution in [3.8, 4) is 16.9 Å². The first kappa shape index (κ1) is 16.4. The van der Waals surface area contributed by atoms with E-state index in [1.165, 1.54) is 0 Å². The lowest BCUT2D eigenvalue weighted by Crippen LogP contribution is -2.18. The molecule has 1 aromatic carbocycles. The van der Waals surface area contributed by atoms with Gasteiger partial charge in [0.1, 0.15) is 5.69 Å². The molecule has 126 valence electrons. The second-order valence-electron chi connectivity index (χ2n) is 5.04. The van der Waals surface area contributed by atoms with Gasteiger partial charge in [-0.05, 0) is 31.2 Å². The number of nitrogens with one attached hydrogen (secondary N) is 1. The molecule has 7 heteroatoms. The second kappa shape index (κ2) is 7.87. The van der Waals surface area contributed by atoms with E-state index in [0.717, 1.165) is 22.5 Å². The SMILES string of the molecule is CCOC(=O)N/N=C\c1cn(-c2ccccc2)nc1-c1ccncc1. The smallest absolute Gasteiger partial charge is 0.427 e. The first-order valence-corrected chi connectivity index (χ1v) is 7.79. The molecule has 0 atom stereocenters. The Morgan fingerprint density at radius 2 is 2.00 bits per heavy atom. The topological polar surface area (TPSA) is 81.4 Å². The van der Waals surface area contributed by atoms with E-state index in [1.54, 1.807) is 30.2 Å². The molecule has 3 rings (SSSR count). The minimum absolute atomic E-state index is 0.287. The average Bonchev–Trinajstić information content (AvgIpc) is 3.08. The van der Waals surface area contributed by atoms with Gasteiger partial charge in [-0.2, -0.15) is 10.2 Å². The van der Waals surface area contributed by atoms with Crippen molar-refractivity contribution < 1.29 is 9.53 Å². The van der Waals surface area contributed by atoms with Gasteiger partial charge in [-0.25, -0.2) is 14.9 Å². The molecule has 0 aliphatic heterocycles. The van der Waals surface area contributed by atoms with Crippen LogP contribution in [0.3, 0.4) is 0 Å². The largest absolute Gasteiger partial charge is 0.449 e. The predicted molar refractivity (Wildman–Crippen MR) is 94.5 cm³/mol. The zero-order valence-electron chi connectivity index (χ0n) is 13.7. The number of pyridine rings is 1. The van der Waals surface area contributed by atoms with E-state index in [-0.39, 0.29) is 6.61 Å². The van der Waals surface area contributed by atoms with Crippen molar-refractivity contribution >= 4 is 12.3 Å². The van der Waals surface area contributed by atoms with E-state index < -0.39 is 6.09 Å². The average molecular weight is 335 g/mol. The number of rotatable bonds is 5. The summed E-state index contributed by atoms with van der Waals surface area (Å²) in [7, 11) is 0. The molecule has 0 fully saturated rings. The second-order valence-corrected chi connectivity index (χ2v) is 5.04. The highest BCUT2D eigenvalue weighted by atomic mass is 16.5. The summed E-state index contributed by atoms with van der Waals surface area (Å²) in [5, 5.41) is 8.57. The van der Waals surface area contributed by atoms with Crippen LogP contribution in [0.15, 0.2) is 66.2 Å². The van der Waals surface area contributed by atoms with Crippen LogP contribution in [0.4, 0.5) is 4.79 Å². The van der Waals surface area contributed by atoms with E-state index in [0.29, 0.717) is 0 Å². The van der Waals surface area contributed by atoms with Crippen molar-refractivity contribution in [3.63, 3.8) is 0 Å². The van der Waals surface area contributed by atoms with Crippen molar-refractivity contribution in [1.82, 2.24) is 20.2 Å². The molecule has 3 aromatic rings. The molecule has 0 radical (unpaired) electrons.